The Morgan fingerprint density at radius 3 is 2.71 bits per heavy atom. The second-order valence-electron chi connectivity index (χ2n) is 7.19. The van der Waals surface area contributed by atoms with E-state index in [-0.39, 0.29) is 23.5 Å². The number of carbonyl (C=O) groups excluding carboxylic acids is 1. The summed E-state index contributed by atoms with van der Waals surface area (Å²) in [6.45, 7) is 4.02. The summed E-state index contributed by atoms with van der Waals surface area (Å²) in [6.07, 6.45) is 3.32. The molecule has 9 heteroatoms. The quantitative estimate of drug-likeness (QED) is 0.710. The highest BCUT2D eigenvalue weighted by atomic mass is 32.2. The van der Waals surface area contributed by atoms with Gasteiger partial charge in [0.25, 0.3) is 10.0 Å². The first-order valence-corrected chi connectivity index (χ1v) is 10.9. The fourth-order valence-electron chi connectivity index (χ4n) is 3.33. The van der Waals surface area contributed by atoms with Crippen molar-refractivity contribution in [1.82, 2.24) is 24.5 Å². The Balaban J connectivity index is 1.49. The third-order valence-corrected chi connectivity index (χ3v) is 6.18. The van der Waals surface area contributed by atoms with E-state index in [1.54, 1.807) is 18.5 Å². The van der Waals surface area contributed by atoms with Crippen LogP contribution in [0.15, 0.2) is 41.6 Å². The van der Waals surface area contributed by atoms with Crippen LogP contribution in [0.3, 0.4) is 0 Å². The van der Waals surface area contributed by atoms with Gasteiger partial charge in [0.05, 0.1) is 6.54 Å². The third-order valence-electron chi connectivity index (χ3n) is 4.90. The molecule has 0 spiro atoms. The summed E-state index contributed by atoms with van der Waals surface area (Å²) in [6, 6.07) is 10.2. The summed E-state index contributed by atoms with van der Waals surface area (Å²) in [5.74, 6) is 0.258. The van der Waals surface area contributed by atoms with Crippen LogP contribution in [0.4, 0.5) is 0 Å². The molecule has 1 amide bonds. The van der Waals surface area contributed by atoms with Crippen molar-refractivity contribution < 1.29 is 13.2 Å². The van der Waals surface area contributed by atoms with Crippen molar-refractivity contribution in [2.45, 2.75) is 37.4 Å². The second kappa shape index (κ2) is 8.85. The molecule has 0 saturated carbocycles. The lowest BCUT2D eigenvalue weighted by atomic mass is 10.0. The molecule has 1 saturated heterocycles. The van der Waals surface area contributed by atoms with Crippen molar-refractivity contribution in [3.8, 4) is 0 Å². The maximum atomic E-state index is 12.3. The number of rotatable bonds is 7. The Kier molecular flexibility index (Phi) is 6.48. The van der Waals surface area contributed by atoms with Gasteiger partial charge in [-0.1, -0.05) is 30.3 Å². The molecule has 2 heterocycles. The molecule has 1 atom stereocenters. The lowest BCUT2D eigenvalue weighted by Crippen LogP contribution is -2.49. The van der Waals surface area contributed by atoms with E-state index >= 15 is 0 Å². The van der Waals surface area contributed by atoms with E-state index in [1.165, 1.54) is 11.8 Å². The summed E-state index contributed by atoms with van der Waals surface area (Å²) in [5, 5.41) is 2.87. The first kappa shape index (κ1) is 20.5. The van der Waals surface area contributed by atoms with E-state index < -0.39 is 10.0 Å². The summed E-state index contributed by atoms with van der Waals surface area (Å²) in [5.41, 5.74) is 1.24. The molecule has 2 aromatic rings. The Morgan fingerprint density at radius 1 is 1.29 bits per heavy atom. The molecule has 1 aromatic carbocycles. The fourth-order valence-corrected chi connectivity index (χ4v) is 4.35. The minimum absolute atomic E-state index is 0.0200. The van der Waals surface area contributed by atoms with E-state index in [4.69, 9.17) is 0 Å². The Labute approximate surface area is 166 Å². The van der Waals surface area contributed by atoms with Crippen LogP contribution in [-0.2, 0) is 28.4 Å². The number of aryl methyl sites for hydroxylation is 2. The predicted octanol–water partition coefficient (Wildman–Crippen LogP) is 0.788. The molecular weight excluding hydrogens is 378 g/mol. The maximum absolute atomic E-state index is 12.3. The van der Waals surface area contributed by atoms with Gasteiger partial charge in [0.15, 0.2) is 5.03 Å². The van der Waals surface area contributed by atoms with Gasteiger partial charge in [-0.05, 0) is 31.9 Å². The molecule has 2 N–H and O–H groups in total. The predicted molar refractivity (Wildman–Crippen MR) is 106 cm³/mol. The van der Waals surface area contributed by atoms with Crippen LogP contribution >= 0.6 is 0 Å². The highest BCUT2D eigenvalue weighted by molar-refractivity contribution is 7.89. The van der Waals surface area contributed by atoms with Gasteiger partial charge in [-0.2, -0.15) is 0 Å². The molecule has 0 radical (unpaired) electrons. The van der Waals surface area contributed by atoms with Crippen molar-refractivity contribution in [2.24, 2.45) is 7.05 Å². The van der Waals surface area contributed by atoms with Crippen molar-refractivity contribution in [3.05, 3.63) is 47.9 Å². The van der Waals surface area contributed by atoms with Gasteiger partial charge in [0, 0.05) is 32.4 Å². The number of sulfonamides is 1. The van der Waals surface area contributed by atoms with Gasteiger partial charge < -0.3 is 9.88 Å². The van der Waals surface area contributed by atoms with Crippen LogP contribution in [0.2, 0.25) is 0 Å². The van der Waals surface area contributed by atoms with E-state index in [0.29, 0.717) is 5.82 Å². The summed E-state index contributed by atoms with van der Waals surface area (Å²) in [4.78, 5) is 18.6. The summed E-state index contributed by atoms with van der Waals surface area (Å²) >= 11 is 0. The molecule has 0 aliphatic carbocycles. The molecule has 3 rings (SSSR count). The molecule has 1 aliphatic rings. The number of nitrogens with one attached hydrogen (secondary N) is 2. The minimum atomic E-state index is -3.80. The maximum Gasteiger partial charge on any atom is 0.260 e. The number of benzene rings is 1. The van der Waals surface area contributed by atoms with Gasteiger partial charge in [0.1, 0.15) is 5.82 Å². The lowest BCUT2D eigenvalue weighted by molar-refractivity contribution is -0.121. The van der Waals surface area contributed by atoms with Gasteiger partial charge >= 0.3 is 0 Å². The number of imidazole rings is 1. The van der Waals surface area contributed by atoms with Crippen molar-refractivity contribution in [3.63, 3.8) is 0 Å². The standard InChI is InChI=1S/C19H27N5O3S/c1-15-21-19(14-23(15)2)28(26,27)20-11-18(25)22-17-9-6-10-24(13-17)12-16-7-4-3-5-8-16/h3-5,7-8,14,17,20H,6,9-13H2,1-2H3,(H,22,25). The van der Waals surface area contributed by atoms with E-state index in [1.807, 2.05) is 18.2 Å². The average Bonchev–Trinajstić information content (AvgIpc) is 3.01. The number of hydrogen-bond acceptors (Lipinski definition) is 5. The zero-order chi connectivity index (χ0) is 20.1. The molecular formula is C19H27N5O3S. The van der Waals surface area contributed by atoms with E-state index in [0.717, 1.165) is 32.5 Å². The molecule has 1 aromatic heterocycles. The third kappa shape index (κ3) is 5.40. The first-order valence-electron chi connectivity index (χ1n) is 9.39. The van der Waals surface area contributed by atoms with Gasteiger partial charge in [-0.15, -0.1) is 0 Å². The van der Waals surface area contributed by atoms with Crippen LogP contribution in [0, 0.1) is 6.92 Å². The fraction of sp³-hybridized carbons (Fsp3) is 0.474. The number of amides is 1. The molecule has 8 nitrogen and oxygen atoms in total. The topological polar surface area (TPSA) is 96.3 Å². The molecule has 1 fully saturated rings. The van der Waals surface area contributed by atoms with Crippen LogP contribution in [0.5, 0.6) is 0 Å². The number of carbonyl (C=O) groups is 1. The molecule has 28 heavy (non-hydrogen) atoms. The zero-order valence-corrected chi connectivity index (χ0v) is 17.1. The normalized spacial score (nSPS) is 18.1. The van der Waals surface area contributed by atoms with Gasteiger partial charge in [-0.25, -0.2) is 18.1 Å². The Morgan fingerprint density at radius 2 is 2.04 bits per heavy atom. The van der Waals surface area contributed by atoms with Crippen LogP contribution in [0.1, 0.15) is 24.2 Å². The number of nitrogens with zero attached hydrogens (tertiary/aromatic N) is 3. The van der Waals surface area contributed by atoms with Gasteiger partial charge in [0.2, 0.25) is 5.91 Å². The van der Waals surface area contributed by atoms with E-state index in [9.17, 15) is 13.2 Å². The molecule has 1 unspecified atom stereocenters. The smallest absolute Gasteiger partial charge is 0.260 e. The minimum Gasteiger partial charge on any atom is -0.351 e. The largest absolute Gasteiger partial charge is 0.351 e. The summed E-state index contributed by atoms with van der Waals surface area (Å²) in [7, 11) is -2.08. The Hall–Kier alpha value is -2.23. The number of aromatic nitrogens is 2. The highest BCUT2D eigenvalue weighted by Crippen LogP contribution is 2.14. The second-order valence-corrected chi connectivity index (χ2v) is 8.90. The van der Waals surface area contributed by atoms with Gasteiger partial charge in [-0.3, -0.25) is 9.69 Å². The van der Waals surface area contributed by atoms with E-state index in [2.05, 4.69) is 32.1 Å². The monoisotopic (exact) mass is 405 g/mol. The Bertz CT molecular complexity index is 891. The summed E-state index contributed by atoms with van der Waals surface area (Å²) < 4.78 is 28.5. The molecule has 152 valence electrons. The van der Waals surface area contributed by atoms with Crippen LogP contribution in [-0.4, -0.2) is 54.5 Å². The highest BCUT2D eigenvalue weighted by Gasteiger charge is 2.23. The van der Waals surface area contributed by atoms with Crippen molar-refractivity contribution in [1.29, 1.82) is 0 Å². The van der Waals surface area contributed by atoms with Crippen molar-refractivity contribution >= 4 is 15.9 Å². The number of likely N-dealkylation sites (tertiary alicyclic amines) is 1. The number of hydrogen-bond donors (Lipinski definition) is 2. The average molecular weight is 406 g/mol. The van der Waals surface area contributed by atoms with Crippen molar-refractivity contribution in [2.75, 3.05) is 19.6 Å². The zero-order valence-electron chi connectivity index (χ0n) is 16.3. The van der Waals surface area contributed by atoms with Crippen LogP contribution in [0.25, 0.3) is 0 Å². The lowest BCUT2D eigenvalue weighted by Gasteiger charge is -2.33. The molecule has 0 bridgehead atoms. The first-order chi connectivity index (χ1) is 13.3. The SMILES string of the molecule is Cc1nc(S(=O)(=O)NCC(=O)NC2CCCN(Cc3ccccc3)C2)cn1C. The number of piperidine rings is 1. The molecule has 1 aliphatic heterocycles. The van der Waals surface area contributed by atoms with Crippen LogP contribution < -0.4 is 10.0 Å².